The SMILES string of the molecule is CN1C(C)(C)CC(Nc2ncc3c(n2)-c2ccccc2C(c2ccc(Cl)c(Cl)c2)C3)CC1(C)C. The lowest BCUT2D eigenvalue weighted by atomic mass is 9.77. The number of benzene rings is 2. The summed E-state index contributed by atoms with van der Waals surface area (Å²) in [6.45, 7) is 9.26. The van der Waals surface area contributed by atoms with Crippen LogP contribution in [0.5, 0.6) is 0 Å². The van der Waals surface area contributed by atoms with Crippen LogP contribution in [0.1, 0.15) is 63.1 Å². The van der Waals surface area contributed by atoms with Crippen LogP contribution in [0.25, 0.3) is 11.3 Å². The molecule has 2 aliphatic rings. The van der Waals surface area contributed by atoms with Crippen molar-refractivity contribution in [3.8, 4) is 11.3 Å². The topological polar surface area (TPSA) is 41.0 Å². The fraction of sp³-hybridized carbons (Fsp3) is 0.429. The van der Waals surface area contributed by atoms with Gasteiger partial charge in [0, 0.05) is 34.8 Å². The summed E-state index contributed by atoms with van der Waals surface area (Å²) in [6, 6.07) is 14.8. The first kappa shape index (κ1) is 23.6. The van der Waals surface area contributed by atoms with Gasteiger partial charge in [-0.1, -0.05) is 53.5 Å². The van der Waals surface area contributed by atoms with Crippen LogP contribution < -0.4 is 5.32 Å². The summed E-state index contributed by atoms with van der Waals surface area (Å²) in [4.78, 5) is 12.3. The molecule has 1 N–H and O–H groups in total. The van der Waals surface area contributed by atoms with E-state index in [4.69, 9.17) is 33.2 Å². The van der Waals surface area contributed by atoms with Crippen molar-refractivity contribution >= 4 is 29.2 Å². The summed E-state index contributed by atoms with van der Waals surface area (Å²) >= 11 is 12.5. The Hall–Kier alpha value is -2.14. The smallest absolute Gasteiger partial charge is 0.223 e. The van der Waals surface area contributed by atoms with E-state index >= 15 is 0 Å². The van der Waals surface area contributed by atoms with Gasteiger partial charge >= 0.3 is 0 Å². The van der Waals surface area contributed by atoms with E-state index in [1.807, 2.05) is 18.3 Å². The van der Waals surface area contributed by atoms with Crippen molar-refractivity contribution < 1.29 is 0 Å². The van der Waals surface area contributed by atoms with Crippen LogP contribution in [0.15, 0.2) is 48.7 Å². The molecule has 1 aromatic heterocycles. The Morgan fingerprint density at radius 3 is 2.38 bits per heavy atom. The third kappa shape index (κ3) is 4.21. The summed E-state index contributed by atoms with van der Waals surface area (Å²) in [7, 11) is 2.23. The Kier molecular flexibility index (Phi) is 5.91. The standard InChI is InChI=1S/C28H32Cl2N4/c1-27(2)14-19(15-28(3,4)34(27)5)32-26-31-16-18-12-22(17-10-11-23(29)24(30)13-17)20-8-6-7-9-21(20)25(18)33-26/h6-11,13,16,19,22H,12,14-15H2,1-5H3,(H,31,32,33). The number of hydrogen-bond acceptors (Lipinski definition) is 4. The van der Waals surface area contributed by atoms with E-state index < -0.39 is 0 Å². The summed E-state index contributed by atoms with van der Waals surface area (Å²) in [6.07, 6.45) is 4.92. The molecule has 0 amide bonds. The molecule has 1 saturated heterocycles. The zero-order valence-electron chi connectivity index (χ0n) is 20.5. The molecule has 5 rings (SSSR count). The average Bonchev–Trinajstić information content (AvgIpc) is 2.78. The highest BCUT2D eigenvalue weighted by Crippen LogP contribution is 2.43. The highest BCUT2D eigenvalue weighted by Gasteiger charge is 2.43. The lowest BCUT2D eigenvalue weighted by Crippen LogP contribution is -2.61. The van der Waals surface area contributed by atoms with Crippen LogP contribution in [0.2, 0.25) is 10.0 Å². The molecule has 0 radical (unpaired) electrons. The number of hydrogen-bond donors (Lipinski definition) is 1. The van der Waals surface area contributed by atoms with Crippen molar-refractivity contribution in [3.05, 3.63) is 75.4 Å². The molecular weight excluding hydrogens is 463 g/mol. The minimum atomic E-state index is 0.104. The third-order valence-corrected chi connectivity index (χ3v) is 8.61. The zero-order chi connectivity index (χ0) is 24.3. The van der Waals surface area contributed by atoms with Gasteiger partial charge in [-0.3, -0.25) is 4.90 Å². The first-order valence-corrected chi connectivity index (χ1v) is 12.7. The molecule has 0 bridgehead atoms. The number of aromatic nitrogens is 2. The molecule has 2 heterocycles. The molecule has 4 nitrogen and oxygen atoms in total. The molecule has 6 heteroatoms. The van der Waals surface area contributed by atoms with Crippen LogP contribution in [-0.4, -0.2) is 39.0 Å². The van der Waals surface area contributed by atoms with Crippen LogP contribution in [0.4, 0.5) is 5.95 Å². The molecule has 3 aromatic rings. The molecule has 0 saturated carbocycles. The van der Waals surface area contributed by atoms with Crippen molar-refractivity contribution in [2.45, 2.75) is 70.0 Å². The largest absolute Gasteiger partial charge is 0.351 e. The number of likely N-dealkylation sites (tertiary alicyclic amines) is 1. The maximum absolute atomic E-state index is 6.35. The average molecular weight is 495 g/mol. The van der Waals surface area contributed by atoms with Crippen LogP contribution >= 0.6 is 23.2 Å². The van der Waals surface area contributed by atoms with E-state index in [0.717, 1.165) is 41.6 Å². The van der Waals surface area contributed by atoms with E-state index in [1.165, 1.54) is 5.56 Å². The van der Waals surface area contributed by atoms with Gasteiger partial charge in [0.1, 0.15) is 0 Å². The summed E-state index contributed by atoms with van der Waals surface area (Å²) in [5.74, 6) is 0.902. The van der Waals surface area contributed by atoms with Gasteiger partial charge in [-0.2, -0.15) is 0 Å². The molecule has 1 atom stereocenters. The number of piperidine rings is 1. The second-order valence-corrected chi connectivity index (χ2v) is 11.8. The van der Waals surface area contributed by atoms with Gasteiger partial charge < -0.3 is 5.32 Å². The van der Waals surface area contributed by atoms with Crippen LogP contribution in [0, 0.1) is 0 Å². The Morgan fingerprint density at radius 1 is 0.971 bits per heavy atom. The quantitative estimate of drug-likeness (QED) is 0.417. The van der Waals surface area contributed by atoms with Crippen LogP contribution in [-0.2, 0) is 6.42 Å². The molecule has 1 aliphatic heterocycles. The zero-order valence-corrected chi connectivity index (χ0v) is 22.0. The Morgan fingerprint density at radius 2 is 1.68 bits per heavy atom. The summed E-state index contributed by atoms with van der Waals surface area (Å²) < 4.78 is 0. The van der Waals surface area contributed by atoms with E-state index in [-0.39, 0.29) is 17.0 Å². The van der Waals surface area contributed by atoms with Crippen molar-refractivity contribution in [1.82, 2.24) is 14.9 Å². The highest BCUT2D eigenvalue weighted by atomic mass is 35.5. The van der Waals surface area contributed by atoms with E-state index in [9.17, 15) is 0 Å². The van der Waals surface area contributed by atoms with Crippen molar-refractivity contribution in [3.63, 3.8) is 0 Å². The minimum Gasteiger partial charge on any atom is -0.351 e. The number of fused-ring (bicyclic) bond motifs is 3. The van der Waals surface area contributed by atoms with Crippen LogP contribution in [0.3, 0.4) is 0 Å². The number of anilines is 1. The fourth-order valence-electron chi connectivity index (χ4n) is 5.89. The highest BCUT2D eigenvalue weighted by molar-refractivity contribution is 6.42. The predicted molar refractivity (Wildman–Crippen MR) is 142 cm³/mol. The first-order valence-electron chi connectivity index (χ1n) is 12.0. The third-order valence-electron chi connectivity index (χ3n) is 7.87. The van der Waals surface area contributed by atoms with Gasteiger partial charge in [0.2, 0.25) is 5.95 Å². The Bertz CT molecular complexity index is 1220. The van der Waals surface area contributed by atoms with Crippen molar-refractivity contribution in [2.75, 3.05) is 12.4 Å². The number of rotatable bonds is 3. The maximum atomic E-state index is 6.35. The number of halogens is 2. The Labute approximate surface area is 212 Å². The van der Waals surface area contributed by atoms with Gasteiger partial charge in [-0.15, -0.1) is 0 Å². The molecule has 1 unspecified atom stereocenters. The van der Waals surface area contributed by atoms with E-state index in [0.29, 0.717) is 22.0 Å². The van der Waals surface area contributed by atoms with Gasteiger partial charge in [-0.25, -0.2) is 9.97 Å². The van der Waals surface area contributed by atoms with Gasteiger partial charge in [0.25, 0.3) is 0 Å². The fourth-order valence-corrected chi connectivity index (χ4v) is 6.19. The monoisotopic (exact) mass is 494 g/mol. The maximum Gasteiger partial charge on any atom is 0.223 e. The van der Waals surface area contributed by atoms with E-state index in [1.54, 1.807) is 0 Å². The Balaban J connectivity index is 1.47. The van der Waals surface area contributed by atoms with Gasteiger partial charge in [0.05, 0.1) is 15.7 Å². The second-order valence-electron chi connectivity index (χ2n) is 11.0. The number of nitrogens with one attached hydrogen (secondary N) is 1. The molecule has 1 fully saturated rings. The molecule has 34 heavy (non-hydrogen) atoms. The molecule has 2 aromatic carbocycles. The molecule has 178 valence electrons. The second kappa shape index (κ2) is 8.51. The van der Waals surface area contributed by atoms with Gasteiger partial charge in [-0.05, 0) is 82.8 Å². The first-order chi connectivity index (χ1) is 16.0. The minimum absolute atomic E-state index is 0.104. The predicted octanol–water partition coefficient (Wildman–Crippen LogP) is 7.20. The lowest BCUT2D eigenvalue weighted by Gasteiger charge is -2.53. The molecular formula is C28H32Cl2N4. The van der Waals surface area contributed by atoms with Crippen molar-refractivity contribution in [2.24, 2.45) is 0 Å². The molecule has 1 aliphatic carbocycles. The summed E-state index contributed by atoms with van der Waals surface area (Å²) in [5.41, 5.74) is 5.97. The molecule has 0 spiro atoms. The van der Waals surface area contributed by atoms with Gasteiger partial charge in [0.15, 0.2) is 0 Å². The van der Waals surface area contributed by atoms with E-state index in [2.05, 4.69) is 75.3 Å². The van der Waals surface area contributed by atoms with Crippen molar-refractivity contribution in [1.29, 1.82) is 0 Å². The number of nitrogens with zero attached hydrogens (tertiary/aromatic N) is 3. The normalized spacial score (nSPS) is 21.6. The lowest BCUT2D eigenvalue weighted by molar-refractivity contribution is -0.00778. The summed E-state index contributed by atoms with van der Waals surface area (Å²) in [5, 5.41) is 4.83.